The molecule has 0 spiro atoms. The Morgan fingerprint density at radius 3 is 3.09 bits per heavy atom. The number of nitrogens with zero attached hydrogens (tertiary/aromatic N) is 4. The fraction of sp³-hybridized carbons (Fsp3) is 0.267. The molecule has 1 fully saturated rings. The number of hydrogen-bond acceptors (Lipinski definition) is 3. The molecule has 4 rings (SSSR count). The van der Waals surface area contributed by atoms with Gasteiger partial charge in [0.15, 0.2) is 11.5 Å². The average molecular weight is 360 g/mol. The van der Waals surface area contributed by atoms with E-state index in [0.29, 0.717) is 5.69 Å². The molecule has 0 aromatic carbocycles. The summed E-state index contributed by atoms with van der Waals surface area (Å²) in [6, 6.07) is 7.57. The van der Waals surface area contributed by atoms with E-state index >= 15 is 0 Å². The Labute approximate surface area is 135 Å². The summed E-state index contributed by atoms with van der Waals surface area (Å²) in [5, 5.41) is 8.50. The molecule has 1 aliphatic rings. The van der Waals surface area contributed by atoms with E-state index in [2.05, 4.69) is 31.1 Å². The molecule has 1 saturated heterocycles. The summed E-state index contributed by atoms with van der Waals surface area (Å²) in [5.41, 5.74) is 1.40. The van der Waals surface area contributed by atoms with Crippen molar-refractivity contribution in [3.63, 3.8) is 0 Å². The molecule has 1 N–H and O–H groups in total. The van der Waals surface area contributed by atoms with Crippen molar-refractivity contribution in [1.29, 1.82) is 0 Å². The molecule has 0 saturated carbocycles. The molecule has 1 unspecified atom stereocenters. The highest BCUT2D eigenvalue weighted by Gasteiger charge is 2.34. The number of aromatic nitrogens is 4. The van der Waals surface area contributed by atoms with Crippen LogP contribution in [0.3, 0.4) is 0 Å². The number of halogens is 1. The van der Waals surface area contributed by atoms with Crippen LogP contribution in [0.25, 0.3) is 5.65 Å². The van der Waals surface area contributed by atoms with Gasteiger partial charge in [0.25, 0.3) is 5.91 Å². The third kappa shape index (κ3) is 2.12. The predicted octanol–water partition coefficient (Wildman–Crippen LogP) is 2.80. The summed E-state index contributed by atoms with van der Waals surface area (Å²) in [7, 11) is 0. The van der Waals surface area contributed by atoms with Crippen LogP contribution in [0.4, 0.5) is 0 Å². The largest absolute Gasteiger partial charge is 0.356 e. The molecule has 0 bridgehead atoms. The van der Waals surface area contributed by atoms with Crippen molar-refractivity contribution >= 4 is 27.5 Å². The number of nitrogens with one attached hydrogen (secondary N) is 1. The standard InChI is InChI=1S/C15H14BrN5O/c16-10-8-11(17-9-10)15(22)20-7-3-4-12(20)14-19-18-13-5-1-2-6-21(13)14/h1-2,5-6,8-9,12,17H,3-4,7H2. The number of rotatable bonds is 2. The van der Waals surface area contributed by atoms with Gasteiger partial charge in [-0.2, -0.15) is 0 Å². The summed E-state index contributed by atoms with van der Waals surface area (Å²) in [6.07, 6.45) is 5.59. The molecular weight excluding hydrogens is 346 g/mol. The van der Waals surface area contributed by atoms with Crippen molar-refractivity contribution < 1.29 is 4.79 Å². The number of pyridine rings is 1. The van der Waals surface area contributed by atoms with Gasteiger partial charge in [-0.1, -0.05) is 6.07 Å². The molecule has 6 nitrogen and oxygen atoms in total. The summed E-state index contributed by atoms with van der Waals surface area (Å²) in [6.45, 7) is 0.738. The van der Waals surface area contributed by atoms with Crippen LogP contribution in [0.15, 0.2) is 41.1 Å². The number of aromatic amines is 1. The zero-order valence-corrected chi connectivity index (χ0v) is 13.3. The fourth-order valence-corrected chi connectivity index (χ4v) is 3.35. The SMILES string of the molecule is O=C(c1cc(Br)c[nH]1)N1CCCC1c1nnc2ccccn12. The lowest BCUT2D eigenvalue weighted by Gasteiger charge is -2.22. The van der Waals surface area contributed by atoms with Gasteiger partial charge in [0.05, 0.1) is 6.04 Å². The molecule has 7 heteroatoms. The molecule has 4 heterocycles. The Hall–Kier alpha value is -2.15. The van der Waals surface area contributed by atoms with Crippen LogP contribution in [0.1, 0.15) is 35.2 Å². The molecule has 0 radical (unpaired) electrons. The van der Waals surface area contributed by atoms with E-state index in [9.17, 15) is 4.79 Å². The molecule has 1 amide bonds. The van der Waals surface area contributed by atoms with Crippen molar-refractivity contribution in [3.8, 4) is 0 Å². The van der Waals surface area contributed by atoms with Crippen LogP contribution in [-0.4, -0.2) is 36.9 Å². The third-order valence-electron chi connectivity index (χ3n) is 4.03. The van der Waals surface area contributed by atoms with Gasteiger partial charge in [-0.25, -0.2) is 0 Å². The van der Waals surface area contributed by atoms with E-state index in [1.54, 1.807) is 12.3 Å². The Balaban J connectivity index is 1.70. The van der Waals surface area contributed by atoms with Gasteiger partial charge >= 0.3 is 0 Å². The number of amides is 1. The fourth-order valence-electron chi connectivity index (χ4n) is 3.01. The van der Waals surface area contributed by atoms with Crippen molar-refractivity contribution in [3.05, 3.63) is 52.7 Å². The van der Waals surface area contributed by atoms with Gasteiger partial charge in [0.2, 0.25) is 0 Å². The summed E-state index contributed by atoms with van der Waals surface area (Å²) in [4.78, 5) is 17.6. The van der Waals surface area contributed by atoms with Crippen molar-refractivity contribution in [2.45, 2.75) is 18.9 Å². The van der Waals surface area contributed by atoms with E-state index in [1.807, 2.05) is 33.7 Å². The van der Waals surface area contributed by atoms with Crippen LogP contribution in [0.5, 0.6) is 0 Å². The number of carbonyl (C=O) groups is 1. The van der Waals surface area contributed by atoms with Gasteiger partial charge in [0.1, 0.15) is 5.69 Å². The molecule has 0 aliphatic carbocycles. The Morgan fingerprint density at radius 1 is 1.36 bits per heavy atom. The first-order valence-corrected chi connectivity index (χ1v) is 7.98. The first kappa shape index (κ1) is 13.5. The second kappa shape index (κ2) is 5.24. The summed E-state index contributed by atoms with van der Waals surface area (Å²) < 4.78 is 2.83. The first-order valence-electron chi connectivity index (χ1n) is 7.18. The Bertz CT molecular complexity index is 839. The van der Waals surface area contributed by atoms with E-state index in [1.165, 1.54) is 0 Å². The molecule has 22 heavy (non-hydrogen) atoms. The second-order valence-corrected chi connectivity index (χ2v) is 6.29. The van der Waals surface area contributed by atoms with E-state index in [0.717, 1.165) is 35.3 Å². The van der Waals surface area contributed by atoms with Gasteiger partial charge in [0, 0.05) is 23.4 Å². The summed E-state index contributed by atoms with van der Waals surface area (Å²) >= 11 is 3.37. The van der Waals surface area contributed by atoms with Gasteiger partial charge in [-0.3, -0.25) is 9.20 Å². The lowest BCUT2D eigenvalue weighted by Crippen LogP contribution is -2.31. The molecule has 1 atom stereocenters. The zero-order valence-electron chi connectivity index (χ0n) is 11.7. The normalized spacial score (nSPS) is 18.2. The second-order valence-electron chi connectivity index (χ2n) is 5.38. The minimum absolute atomic E-state index is 0.000816. The van der Waals surface area contributed by atoms with Crippen LogP contribution < -0.4 is 0 Å². The number of fused-ring (bicyclic) bond motifs is 1. The zero-order chi connectivity index (χ0) is 15.1. The van der Waals surface area contributed by atoms with Crippen LogP contribution in [0.2, 0.25) is 0 Å². The van der Waals surface area contributed by atoms with Crippen LogP contribution in [0, 0.1) is 0 Å². The number of hydrogen-bond donors (Lipinski definition) is 1. The Kier molecular flexibility index (Phi) is 3.22. The quantitative estimate of drug-likeness (QED) is 0.764. The van der Waals surface area contributed by atoms with Crippen molar-refractivity contribution in [1.82, 2.24) is 24.5 Å². The first-order chi connectivity index (χ1) is 10.7. The molecule has 112 valence electrons. The summed E-state index contributed by atoms with van der Waals surface area (Å²) in [5.74, 6) is 0.827. The average Bonchev–Trinajstić information content (AvgIpc) is 3.24. The topological polar surface area (TPSA) is 66.3 Å². The predicted molar refractivity (Wildman–Crippen MR) is 84.5 cm³/mol. The van der Waals surface area contributed by atoms with Gasteiger partial charge < -0.3 is 9.88 Å². The minimum atomic E-state index is -0.0352. The van der Waals surface area contributed by atoms with Crippen molar-refractivity contribution in [2.24, 2.45) is 0 Å². The number of carbonyl (C=O) groups excluding carboxylic acids is 1. The van der Waals surface area contributed by atoms with Crippen molar-refractivity contribution in [2.75, 3.05) is 6.54 Å². The maximum absolute atomic E-state index is 12.7. The third-order valence-corrected chi connectivity index (χ3v) is 4.49. The van der Waals surface area contributed by atoms with Crippen LogP contribution in [-0.2, 0) is 0 Å². The maximum atomic E-state index is 12.7. The van der Waals surface area contributed by atoms with Crippen LogP contribution >= 0.6 is 15.9 Å². The molecule has 3 aromatic heterocycles. The monoisotopic (exact) mass is 359 g/mol. The smallest absolute Gasteiger partial charge is 0.270 e. The highest BCUT2D eigenvalue weighted by molar-refractivity contribution is 9.10. The highest BCUT2D eigenvalue weighted by atomic mass is 79.9. The molecular formula is C15H14BrN5O. The number of H-pyrrole nitrogens is 1. The lowest BCUT2D eigenvalue weighted by molar-refractivity contribution is 0.0724. The lowest BCUT2D eigenvalue weighted by atomic mass is 10.2. The molecule has 3 aromatic rings. The van der Waals surface area contributed by atoms with E-state index < -0.39 is 0 Å². The van der Waals surface area contributed by atoms with E-state index in [-0.39, 0.29) is 11.9 Å². The number of likely N-dealkylation sites (tertiary alicyclic amines) is 1. The highest BCUT2D eigenvalue weighted by Crippen LogP contribution is 2.32. The van der Waals surface area contributed by atoms with Gasteiger partial charge in [-0.05, 0) is 47.0 Å². The Morgan fingerprint density at radius 2 is 2.27 bits per heavy atom. The molecule has 1 aliphatic heterocycles. The van der Waals surface area contributed by atoms with Gasteiger partial charge in [-0.15, -0.1) is 10.2 Å². The van der Waals surface area contributed by atoms with E-state index in [4.69, 9.17) is 0 Å². The minimum Gasteiger partial charge on any atom is -0.356 e. The maximum Gasteiger partial charge on any atom is 0.270 e.